The molecule has 1 saturated carbocycles. The molecule has 1 fully saturated rings. The van der Waals surface area contributed by atoms with E-state index in [1.54, 1.807) is 12.1 Å². The van der Waals surface area contributed by atoms with Crippen molar-refractivity contribution in [3.05, 3.63) is 42.2 Å². The number of hydrogen-bond acceptors (Lipinski definition) is 5. The van der Waals surface area contributed by atoms with E-state index in [2.05, 4.69) is 10.3 Å². The second kappa shape index (κ2) is 5.47. The lowest BCUT2D eigenvalue weighted by Gasteiger charge is -2.36. The van der Waals surface area contributed by atoms with Gasteiger partial charge in [-0.1, -0.05) is 12.1 Å². The summed E-state index contributed by atoms with van der Waals surface area (Å²) < 4.78 is 6.71. The van der Waals surface area contributed by atoms with Crippen molar-refractivity contribution < 1.29 is 14.3 Å². The number of carbonyl (C=O) groups is 1. The first-order chi connectivity index (χ1) is 11.1. The molecule has 1 aliphatic carbocycles. The Kier molecular flexibility index (Phi) is 3.43. The van der Waals surface area contributed by atoms with Crippen LogP contribution in [-0.4, -0.2) is 28.1 Å². The van der Waals surface area contributed by atoms with Gasteiger partial charge in [-0.05, 0) is 43.5 Å². The third-order valence-electron chi connectivity index (χ3n) is 4.20. The predicted octanol–water partition coefficient (Wildman–Crippen LogP) is 3.20. The van der Waals surface area contributed by atoms with Gasteiger partial charge < -0.3 is 14.8 Å². The number of aromatic nitrogens is 1. The first kappa shape index (κ1) is 14.4. The lowest BCUT2D eigenvalue weighted by Crippen LogP contribution is -2.47. The molecular formula is C17H16N2O3S. The lowest BCUT2D eigenvalue weighted by atomic mass is 9.80. The number of nitrogens with one attached hydrogen (secondary N) is 1. The van der Waals surface area contributed by atoms with Gasteiger partial charge in [0.15, 0.2) is 16.5 Å². The maximum atomic E-state index is 12.1. The molecule has 0 atom stereocenters. The number of aliphatic hydroxyl groups is 1. The largest absolute Gasteiger partial charge is 0.448 e. The molecule has 0 unspecified atom stereocenters. The third-order valence-corrected chi connectivity index (χ3v) is 5.25. The summed E-state index contributed by atoms with van der Waals surface area (Å²) in [4.78, 5) is 16.6. The van der Waals surface area contributed by atoms with Gasteiger partial charge in [0.1, 0.15) is 0 Å². The Labute approximate surface area is 137 Å². The van der Waals surface area contributed by atoms with Crippen molar-refractivity contribution >= 4 is 27.5 Å². The van der Waals surface area contributed by atoms with Crippen molar-refractivity contribution in [2.24, 2.45) is 0 Å². The highest BCUT2D eigenvalue weighted by molar-refractivity contribution is 7.21. The van der Waals surface area contributed by atoms with Crippen LogP contribution in [0.1, 0.15) is 29.8 Å². The third kappa shape index (κ3) is 2.75. The highest BCUT2D eigenvalue weighted by atomic mass is 32.1. The molecule has 5 nitrogen and oxygen atoms in total. The van der Waals surface area contributed by atoms with Crippen LogP contribution in [0.4, 0.5) is 0 Å². The highest BCUT2D eigenvalue weighted by Crippen LogP contribution is 2.32. The van der Waals surface area contributed by atoms with Crippen molar-refractivity contribution in [2.45, 2.75) is 24.9 Å². The lowest BCUT2D eigenvalue weighted by molar-refractivity contribution is -0.0301. The summed E-state index contributed by atoms with van der Waals surface area (Å²) in [5, 5.41) is 13.5. The fourth-order valence-corrected chi connectivity index (χ4v) is 3.57. The smallest absolute Gasteiger partial charge is 0.287 e. The molecule has 3 aromatic rings. The van der Waals surface area contributed by atoms with Crippen LogP contribution in [-0.2, 0) is 0 Å². The molecule has 0 spiro atoms. The summed E-state index contributed by atoms with van der Waals surface area (Å²) in [6.07, 6.45) is 2.49. The molecule has 0 bridgehead atoms. The number of para-hydroxylation sites is 1. The van der Waals surface area contributed by atoms with Gasteiger partial charge in [0, 0.05) is 6.54 Å². The molecule has 1 aliphatic rings. The van der Waals surface area contributed by atoms with Crippen LogP contribution in [0.5, 0.6) is 0 Å². The van der Waals surface area contributed by atoms with Crippen molar-refractivity contribution in [3.8, 4) is 10.8 Å². The van der Waals surface area contributed by atoms with Crippen LogP contribution in [0.2, 0.25) is 0 Å². The van der Waals surface area contributed by atoms with Gasteiger partial charge in [-0.25, -0.2) is 4.98 Å². The van der Waals surface area contributed by atoms with E-state index >= 15 is 0 Å². The molecule has 23 heavy (non-hydrogen) atoms. The molecular weight excluding hydrogens is 312 g/mol. The van der Waals surface area contributed by atoms with Gasteiger partial charge in [0.05, 0.1) is 15.8 Å². The van der Waals surface area contributed by atoms with E-state index in [9.17, 15) is 9.90 Å². The van der Waals surface area contributed by atoms with Gasteiger partial charge >= 0.3 is 0 Å². The van der Waals surface area contributed by atoms with Crippen LogP contribution >= 0.6 is 11.3 Å². The number of amides is 1. The number of benzene rings is 1. The minimum absolute atomic E-state index is 0.238. The minimum Gasteiger partial charge on any atom is -0.448 e. The van der Waals surface area contributed by atoms with E-state index < -0.39 is 5.60 Å². The Morgan fingerprint density at radius 2 is 2.13 bits per heavy atom. The van der Waals surface area contributed by atoms with E-state index in [4.69, 9.17) is 4.42 Å². The van der Waals surface area contributed by atoms with Crippen LogP contribution in [0, 0.1) is 0 Å². The van der Waals surface area contributed by atoms with E-state index in [0.717, 1.165) is 34.5 Å². The predicted molar refractivity (Wildman–Crippen MR) is 88.5 cm³/mol. The van der Waals surface area contributed by atoms with Crippen LogP contribution in [0.15, 0.2) is 40.8 Å². The normalized spacial score (nSPS) is 16.2. The average Bonchev–Trinajstić information content (AvgIpc) is 3.16. The Bertz CT molecular complexity index is 830. The summed E-state index contributed by atoms with van der Waals surface area (Å²) in [5.41, 5.74) is 0.181. The first-order valence-corrected chi connectivity index (χ1v) is 8.41. The van der Waals surface area contributed by atoms with Crippen molar-refractivity contribution in [2.75, 3.05) is 6.54 Å². The fraction of sp³-hybridized carbons (Fsp3) is 0.294. The highest BCUT2D eigenvalue weighted by Gasteiger charge is 2.34. The summed E-state index contributed by atoms with van der Waals surface area (Å²) in [5.74, 6) is 0.513. The van der Waals surface area contributed by atoms with Crippen LogP contribution in [0.3, 0.4) is 0 Å². The fourth-order valence-electron chi connectivity index (χ4n) is 2.65. The number of fused-ring (bicyclic) bond motifs is 1. The van der Waals surface area contributed by atoms with Gasteiger partial charge in [-0.2, -0.15) is 0 Å². The van der Waals surface area contributed by atoms with E-state index in [1.165, 1.54) is 11.3 Å². The van der Waals surface area contributed by atoms with Crippen molar-refractivity contribution in [1.29, 1.82) is 0 Å². The summed E-state index contributed by atoms with van der Waals surface area (Å²) in [7, 11) is 0. The summed E-state index contributed by atoms with van der Waals surface area (Å²) >= 11 is 1.53. The van der Waals surface area contributed by atoms with Gasteiger partial charge in [-0.15, -0.1) is 11.3 Å². The van der Waals surface area contributed by atoms with Crippen LogP contribution in [0.25, 0.3) is 21.0 Å². The molecule has 4 rings (SSSR count). The van der Waals surface area contributed by atoms with Gasteiger partial charge in [-0.3, -0.25) is 4.79 Å². The molecule has 2 N–H and O–H groups in total. The van der Waals surface area contributed by atoms with Gasteiger partial charge in [0.25, 0.3) is 5.91 Å². The molecule has 118 valence electrons. The number of furan rings is 1. The SMILES string of the molecule is O=C(NCC1(O)CCC1)c1ccc(-c2nc3ccccc3s2)o1. The quantitative estimate of drug-likeness (QED) is 0.771. The zero-order valence-corrected chi connectivity index (χ0v) is 13.2. The van der Waals surface area contributed by atoms with Crippen molar-refractivity contribution in [3.63, 3.8) is 0 Å². The Balaban J connectivity index is 1.50. The molecule has 0 aliphatic heterocycles. The molecule has 2 heterocycles. The average molecular weight is 328 g/mol. The minimum atomic E-state index is -0.738. The maximum absolute atomic E-state index is 12.1. The Morgan fingerprint density at radius 1 is 1.30 bits per heavy atom. The Morgan fingerprint density at radius 3 is 2.87 bits per heavy atom. The van der Waals surface area contributed by atoms with Gasteiger partial charge in [0.2, 0.25) is 0 Å². The van der Waals surface area contributed by atoms with E-state index in [0.29, 0.717) is 5.76 Å². The molecule has 1 amide bonds. The molecule has 2 aromatic heterocycles. The molecule has 1 aromatic carbocycles. The summed E-state index contributed by atoms with van der Waals surface area (Å²) in [6, 6.07) is 11.3. The Hall–Kier alpha value is -2.18. The second-order valence-electron chi connectivity index (χ2n) is 5.91. The zero-order valence-electron chi connectivity index (χ0n) is 12.4. The number of nitrogens with zero attached hydrogens (tertiary/aromatic N) is 1. The number of carbonyl (C=O) groups excluding carboxylic acids is 1. The monoisotopic (exact) mass is 328 g/mol. The maximum Gasteiger partial charge on any atom is 0.287 e. The van der Waals surface area contributed by atoms with E-state index in [1.807, 2.05) is 24.3 Å². The first-order valence-electron chi connectivity index (χ1n) is 7.59. The molecule has 0 radical (unpaired) electrons. The molecule has 0 saturated heterocycles. The molecule has 6 heteroatoms. The standard InChI is InChI=1S/C17H16N2O3S/c20-15(18-10-17(21)8-3-9-17)12-6-7-13(22-12)16-19-11-4-1-2-5-14(11)23-16/h1-2,4-7,21H,3,8-10H2,(H,18,20). The zero-order chi connectivity index (χ0) is 15.9. The van der Waals surface area contributed by atoms with Crippen molar-refractivity contribution in [1.82, 2.24) is 10.3 Å². The number of thiazole rings is 1. The van der Waals surface area contributed by atoms with Crippen LogP contribution < -0.4 is 5.32 Å². The van der Waals surface area contributed by atoms with E-state index in [-0.39, 0.29) is 18.2 Å². The number of hydrogen-bond donors (Lipinski definition) is 2. The second-order valence-corrected chi connectivity index (χ2v) is 6.94. The topological polar surface area (TPSA) is 75.4 Å². The summed E-state index contributed by atoms with van der Waals surface area (Å²) in [6.45, 7) is 0.267. The number of rotatable bonds is 4.